The summed E-state index contributed by atoms with van der Waals surface area (Å²) in [6.45, 7) is 4.25. The Morgan fingerprint density at radius 3 is 2.24 bits per heavy atom. The summed E-state index contributed by atoms with van der Waals surface area (Å²) in [7, 11) is 1.65. The van der Waals surface area contributed by atoms with Gasteiger partial charge in [0, 0.05) is 42.8 Å². The summed E-state index contributed by atoms with van der Waals surface area (Å²) in [6.07, 6.45) is 2.00. The number of carbonyl (C=O) groups excluding carboxylic acids is 2. The standard InChI is InChI=1S/C27H28ClN3O3/c1-18-22(27(33)30-15-13-29(14-16-30)26(32)20-7-8-20)17-24(19-9-11-21(28)12-10-19)31(18)23-5-3-4-6-25(23)34-2/h3-6,9-12,17,20H,7-8,13-16H2,1-2H3. The highest BCUT2D eigenvalue weighted by molar-refractivity contribution is 6.30. The van der Waals surface area contributed by atoms with Crippen LogP contribution in [0.5, 0.6) is 5.75 Å². The van der Waals surface area contributed by atoms with Crippen molar-refractivity contribution in [1.82, 2.24) is 14.4 Å². The van der Waals surface area contributed by atoms with Gasteiger partial charge in [-0.25, -0.2) is 0 Å². The van der Waals surface area contributed by atoms with Crippen LogP contribution in [-0.4, -0.2) is 59.5 Å². The average molecular weight is 478 g/mol. The number of rotatable bonds is 5. The second kappa shape index (κ2) is 9.18. The molecule has 2 heterocycles. The Labute approximate surface area is 204 Å². The molecule has 1 aliphatic heterocycles. The zero-order valence-electron chi connectivity index (χ0n) is 19.5. The van der Waals surface area contributed by atoms with E-state index in [0.29, 0.717) is 36.8 Å². The van der Waals surface area contributed by atoms with Crippen molar-refractivity contribution in [3.63, 3.8) is 0 Å². The molecule has 1 saturated heterocycles. The summed E-state index contributed by atoms with van der Waals surface area (Å²) in [5.41, 5.74) is 4.21. The molecule has 34 heavy (non-hydrogen) atoms. The van der Waals surface area contributed by atoms with E-state index < -0.39 is 0 Å². The number of aromatic nitrogens is 1. The van der Waals surface area contributed by atoms with Crippen LogP contribution in [-0.2, 0) is 4.79 Å². The van der Waals surface area contributed by atoms with E-state index in [2.05, 4.69) is 4.57 Å². The van der Waals surface area contributed by atoms with Crippen molar-refractivity contribution < 1.29 is 14.3 Å². The molecular formula is C27H28ClN3O3. The molecule has 3 aromatic rings. The van der Waals surface area contributed by atoms with Crippen LogP contribution in [0.15, 0.2) is 54.6 Å². The van der Waals surface area contributed by atoms with Crippen LogP contribution < -0.4 is 4.74 Å². The molecule has 0 N–H and O–H groups in total. The molecule has 1 aromatic heterocycles. The third-order valence-corrected chi connectivity index (χ3v) is 7.00. The van der Waals surface area contributed by atoms with Gasteiger partial charge in [-0.2, -0.15) is 0 Å². The lowest BCUT2D eigenvalue weighted by molar-refractivity contribution is -0.134. The highest BCUT2D eigenvalue weighted by Crippen LogP contribution is 2.35. The number of carbonyl (C=O) groups is 2. The monoisotopic (exact) mass is 477 g/mol. The summed E-state index contributed by atoms with van der Waals surface area (Å²) in [4.78, 5) is 29.8. The van der Waals surface area contributed by atoms with E-state index in [0.717, 1.165) is 41.2 Å². The lowest BCUT2D eigenvalue weighted by Gasteiger charge is -2.35. The Hall–Kier alpha value is -3.25. The zero-order valence-corrected chi connectivity index (χ0v) is 20.2. The number of amides is 2. The summed E-state index contributed by atoms with van der Waals surface area (Å²) >= 11 is 6.13. The van der Waals surface area contributed by atoms with Crippen LogP contribution in [0, 0.1) is 12.8 Å². The van der Waals surface area contributed by atoms with Gasteiger partial charge in [0.05, 0.1) is 24.1 Å². The molecule has 2 aromatic carbocycles. The molecule has 1 saturated carbocycles. The number of halogens is 1. The van der Waals surface area contributed by atoms with Gasteiger partial charge in [-0.3, -0.25) is 9.59 Å². The maximum Gasteiger partial charge on any atom is 0.255 e. The molecule has 0 atom stereocenters. The van der Waals surface area contributed by atoms with Crippen molar-refractivity contribution in [2.75, 3.05) is 33.3 Å². The molecular weight excluding hydrogens is 450 g/mol. The number of para-hydroxylation sites is 2. The predicted molar refractivity (Wildman–Crippen MR) is 133 cm³/mol. The number of ether oxygens (including phenoxy) is 1. The van der Waals surface area contributed by atoms with E-state index >= 15 is 0 Å². The summed E-state index contributed by atoms with van der Waals surface area (Å²) < 4.78 is 7.71. The third kappa shape index (κ3) is 4.18. The van der Waals surface area contributed by atoms with Crippen molar-refractivity contribution in [3.05, 3.63) is 70.9 Å². The van der Waals surface area contributed by atoms with Crippen LogP contribution in [0.4, 0.5) is 0 Å². The van der Waals surface area contributed by atoms with Gasteiger partial charge in [0.15, 0.2) is 0 Å². The first kappa shape index (κ1) is 22.5. The fraction of sp³-hybridized carbons (Fsp3) is 0.333. The summed E-state index contributed by atoms with van der Waals surface area (Å²) in [5.74, 6) is 1.17. The number of hydrogen-bond acceptors (Lipinski definition) is 3. The first-order valence-corrected chi connectivity index (χ1v) is 12.1. The predicted octanol–water partition coefficient (Wildman–Crippen LogP) is 4.81. The molecule has 5 rings (SSSR count). The SMILES string of the molecule is COc1ccccc1-n1c(-c2ccc(Cl)cc2)cc(C(=O)N2CCN(C(=O)C3CC3)CC2)c1C. The van der Waals surface area contributed by atoms with E-state index in [9.17, 15) is 9.59 Å². The van der Waals surface area contributed by atoms with Gasteiger partial charge in [0.25, 0.3) is 5.91 Å². The second-order valence-electron chi connectivity index (χ2n) is 8.93. The van der Waals surface area contributed by atoms with Gasteiger partial charge in [-0.1, -0.05) is 35.9 Å². The van der Waals surface area contributed by atoms with E-state index in [1.807, 2.05) is 71.3 Å². The van der Waals surface area contributed by atoms with Gasteiger partial charge in [0.1, 0.15) is 5.75 Å². The van der Waals surface area contributed by atoms with E-state index in [1.54, 1.807) is 7.11 Å². The van der Waals surface area contributed by atoms with Gasteiger partial charge >= 0.3 is 0 Å². The number of hydrogen-bond donors (Lipinski definition) is 0. The first-order valence-electron chi connectivity index (χ1n) is 11.7. The minimum Gasteiger partial charge on any atom is -0.495 e. The van der Waals surface area contributed by atoms with Crippen LogP contribution in [0.3, 0.4) is 0 Å². The van der Waals surface area contributed by atoms with Gasteiger partial charge in [-0.15, -0.1) is 0 Å². The van der Waals surface area contributed by atoms with Crippen LogP contribution in [0.2, 0.25) is 5.02 Å². The quantitative estimate of drug-likeness (QED) is 0.530. The first-order chi connectivity index (χ1) is 16.5. The Morgan fingerprint density at radius 2 is 1.59 bits per heavy atom. The molecule has 0 bridgehead atoms. The molecule has 2 fully saturated rings. The average Bonchev–Trinajstić information content (AvgIpc) is 3.66. The Kier molecular flexibility index (Phi) is 6.09. The van der Waals surface area contributed by atoms with Crippen LogP contribution >= 0.6 is 11.6 Å². The topological polar surface area (TPSA) is 54.8 Å². The third-order valence-electron chi connectivity index (χ3n) is 6.75. The molecule has 6 nitrogen and oxygen atoms in total. The number of piperazine rings is 1. The van der Waals surface area contributed by atoms with Gasteiger partial charge < -0.3 is 19.1 Å². The Bertz CT molecular complexity index is 1220. The van der Waals surface area contributed by atoms with Crippen LogP contribution in [0.1, 0.15) is 28.9 Å². The van der Waals surface area contributed by atoms with E-state index in [4.69, 9.17) is 16.3 Å². The minimum atomic E-state index is -0.0140. The Morgan fingerprint density at radius 1 is 0.941 bits per heavy atom. The molecule has 0 unspecified atom stereocenters. The summed E-state index contributed by atoms with van der Waals surface area (Å²) in [5, 5.41) is 0.658. The van der Waals surface area contributed by atoms with Crippen molar-refractivity contribution in [2.24, 2.45) is 5.92 Å². The molecule has 2 aliphatic rings. The number of nitrogens with zero attached hydrogens (tertiary/aromatic N) is 3. The summed E-state index contributed by atoms with van der Waals surface area (Å²) in [6, 6.07) is 17.4. The van der Waals surface area contributed by atoms with Crippen molar-refractivity contribution in [3.8, 4) is 22.7 Å². The molecule has 2 amide bonds. The van der Waals surface area contributed by atoms with Crippen molar-refractivity contribution in [1.29, 1.82) is 0 Å². The molecule has 1 aliphatic carbocycles. The molecule has 7 heteroatoms. The fourth-order valence-corrected chi connectivity index (χ4v) is 4.80. The van der Waals surface area contributed by atoms with Crippen LogP contribution in [0.25, 0.3) is 16.9 Å². The number of methoxy groups -OCH3 is 1. The lowest BCUT2D eigenvalue weighted by atomic mass is 10.1. The van der Waals surface area contributed by atoms with E-state index in [-0.39, 0.29) is 17.7 Å². The number of benzene rings is 2. The fourth-order valence-electron chi connectivity index (χ4n) is 4.67. The zero-order chi connectivity index (χ0) is 23.8. The molecule has 176 valence electrons. The maximum atomic E-state index is 13.6. The van der Waals surface area contributed by atoms with Crippen molar-refractivity contribution in [2.45, 2.75) is 19.8 Å². The smallest absolute Gasteiger partial charge is 0.255 e. The van der Waals surface area contributed by atoms with Gasteiger partial charge in [-0.05, 0) is 55.7 Å². The van der Waals surface area contributed by atoms with Crippen molar-refractivity contribution >= 4 is 23.4 Å². The highest BCUT2D eigenvalue weighted by atomic mass is 35.5. The van der Waals surface area contributed by atoms with E-state index in [1.165, 1.54) is 0 Å². The second-order valence-corrected chi connectivity index (χ2v) is 9.37. The molecule has 0 spiro atoms. The molecule has 0 radical (unpaired) electrons. The highest BCUT2D eigenvalue weighted by Gasteiger charge is 2.35. The Balaban J connectivity index is 1.50. The lowest BCUT2D eigenvalue weighted by Crippen LogP contribution is -2.51. The normalized spacial score (nSPS) is 16.0. The van der Waals surface area contributed by atoms with Gasteiger partial charge in [0.2, 0.25) is 5.91 Å². The maximum absolute atomic E-state index is 13.6. The largest absolute Gasteiger partial charge is 0.495 e. The minimum absolute atomic E-state index is 0.0140.